The van der Waals surface area contributed by atoms with E-state index in [-0.39, 0.29) is 130 Å². The van der Waals surface area contributed by atoms with Gasteiger partial charge in [-0.2, -0.15) is 0 Å². The molecule has 0 saturated heterocycles. The molecule has 0 aliphatic heterocycles. The fraction of sp³-hybridized carbons (Fsp3) is 0. The summed E-state index contributed by atoms with van der Waals surface area (Å²) in [6, 6.07) is 0. The summed E-state index contributed by atoms with van der Waals surface area (Å²) in [7, 11) is 0. The van der Waals surface area contributed by atoms with Crippen LogP contribution >= 0.6 is 0 Å². The molecule has 7 nitrogen and oxygen atoms in total. The van der Waals surface area contributed by atoms with Gasteiger partial charge < -0.3 is 38.3 Å². The minimum absolute atomic E-state index is 0. The zero-order chi connectivity index (χ0) is 0. The molecular weight excluding hydrogens is 628 g/mol. The van der Waals surface area contributed by atoms with Crippen molar-refractivity contribution in [3.05, 3.63) is 0 Å². The van der Waals surface area contributed by atoms with Gasteiger partial charge in [0.1, 0.15) is 0 Å². The zero-order valence-electron chi connectivity index (χ0n) is 4.75. The Morgan fingerprint density at radius 1 is 0.273 bits per heavy atom. The van der Waals surface area contributed by atoms with Crippen LogP contribution in [0.1, 0.15) is 0 Å². The Hall–Kier alpha value is 2.73. The zero-order valence-corrected chi connectivity index (χ0v) is 15.3. The SMILES string of the molecule is [O-2].[O-2].[O-2].[O-2].[O-2].[O-2].[O-2].[Pb+2].[Pb+2].[V].[V]. The van der Waals surface area contributed by atoms with Crippen LogP contribution < -0.4 is 0 Å². The van der Waals surface area contributed by atoms with Gasteiger partial charge in [0.25, 0.3) is 0 Å². The summed E-state index contributed by atoms with van der Waals surface area (Å²) < 4.78 is 0. The van der Waals surface area contributed by atoms with Gasteiger partial charge in [0, 0.05) is 37.1 Å². The van der Waals surface area contributed by atoms with Gasteiger partial charge in [-0.15, -0.1) is 0 Å². The van der Waals surface area contributed by atoms with Crippen LogP contribution in [0.4, 0.5) is 0 Å². The summed E-state index contributed by atoms with van der Waals surface area (Å²) in [5.41, 5.74) is 0. The van der Waals surface area contributed by atoms with E-state index in [0.717, 1.165) is 0 Å². The molecule has 0 fully saturated rings. The molecule has 0 aliphatic carbocycles. The quantitative estimate of drug-likeness (QED) is 0.279. The van der Waals surface area contributed by atoms with E-state index in [9.17, 15) is 0 Å². The van der Waals surface area contributed by atoms with E-state index in [1.807, 2.05) is 0 Å². The van der Waals surface area contributed by atoms with Gasteiger partial charge in [0.15, 0.2) is 0 Å². The second-order valence-corrected chi connectivity index (χ2v) is 0. The average molecular weight is 628 g/mol. The standard InChI is InChI=1S/7O.2Pb.2V/q7*-2;2*+2;;. The Balaban J connectivity index is 0. The number of hydrogen-bond acceptors (Lipinski definition) is 0. The Bertz CT molecular complexity index is 14.4. The fourth-order valence-electron chi connectivity index (χ4n) is 0. The molecule has 0 unspecified atom stereocenters. The van der Waals surface area contributed by atoms with Crippen LogP contribution in [0, 0.1) is 0 Å². The summed E-state index contributed by atoms with van der Waals surface area (Å²) in [6.07, 6.45) is 0. The molecule has 0 aromatic carbocycles. The van der Waals surface area contributed by atoms with Gasteiger partial charge in [-0.25, -0.2) is 0 Å². The summed E-state index contributed by atoms with van der Waals surface area (Å²) >= 11 is 0. The molecule has 0 heterocycles. The van der Waals surface area contributed by atoms with Crippen molar-refractivity contribution < 1.29 is 75.4 Å². The van der Waals surface area contributed by atoms with Crippen molar-refractivity contribution in [2.75, 3.05) is 0 Å². The summed E-state index contributed by atoms with van der Waals surface area (Å²) in [5, 5.41) is 0. The predicted molar refractivity (Wildman–Crippen MR) is 16.3 cm³/mol. The van der Waals surface area contributed by atoms with Crippen LogP contribution in [0.25, 0.3) is 0 Å². The van der Waals surface area contributed by atoms with E-state index in [1.54, 1.807) is 0 Å². The average Bonchev–Trinajstić information content (AvgIpc) is 0. The molecule has 0 N–H and O–H groups in total. The maximum absolute atomic E-state index is 0. The molecule has 0 aromatic rings. The Kier molecular flexibility index (Phi) is 6360. The molecule has 11 heteroatoms. The molecule has 0 atom stereocenters. The molecule has 0 saturated carbocycles. The largest absolute Gasteiger partial charge is 2.00 e. The van der Waals surface area contributed by atoms with Crippen molar-refractivity contribution in [3.63, 3.8) is 0 Å². The second-order valence-electron chi connectivity index (χ2n) is 0. The third-order valence-electron chi connectivity index (χ3n) is 0. The molecule has 11 heavy (non-hydrogen) atoms. The van der Waals surface area contributed by atoms with Gasteiger partial charge in [-0.3, -0.25) is 0 Å². The molecule has 0 aliphatic rings. The van der Waals surface area contributed by atoms with Crippen molar-refractivity contribution in [2.24, 2.45) is 0 Å². The Morgan fingerprint density at radius 2 is 0.273 bits per heavy atom. The first kappa shape index (κ1) is 298. The molecule has 0 rings (SSSR count). The van der Waals surface area contributed by atoms with Crippen molar-refractivity contribution in [1.29, 1.82) is 0 Å². The predicted octanol–water partition coefficient (Wildman–Crippen LogP) is -1.60. The van der Waals surface area contributed by atoms with Crippen LogP contribution in [0.15, 0.2) is 0 Å². The van der Waals surface area contributed by atoms with Crippen LogP contribution in [0.3, 0.4) is 0 Å². The first-order valence-corrected chi connectivity index (χ1v) is 0. The van der Waals surface area contributed by atoms with E-state index >= 15 is 0 Å². The molecule has 70 valence electrons. The molecule has 0 bridgehead atoms. The van der Waals surface area contributed by atoms with Gasteiger partial charge in [0.2, 0.25) is 0 Å². The maximum Gasteiger partial charge on any atom is 2.00 e. The van der Waals surface area contributed by atoms with E-state index in [1.165, 1.54) is 0 Å². The Labute approximate surface area is 128 Å². The van der Waals surface area contributed by atoms with Gasteiger partial charge in [-0.05, 0) is 0 Å². The van der Waals surface area contributed by atoms with Crippen LogP contribution in [-0.4, -0.2) is 54.6 Å². The maximum atomic E-state index is 0. The van der Waals surface area contributed by atoms with E-state index in [4.69, 9.17) is 0 Å². The van der Waals surface area contributed by atoms with Crippen LogP contribution in [0.2, 0.25) is 0 Å². The van der Waals surface area contributed by atoms with Crippen molar-refractivity contribution >= 4 is 54.6 Å². The third kappa shape index (κ3) is 196. The summed E-state index contributed by atoms with van der Waals surface area (Å²) in [5.74, 6) is 0. The summed E-state index contributed by atoms with van der Waals surface area (Å²) in [4.78, 5) is 0. The van der Waals surface area contributed by atoms with Crippen LogP contribution in [0.5, 0.6) is 0 Å². The van der Waals surface area contributed by atoms with E-state index in [2.05, 4.69) is 0 Å². The fourth-order valence-corrected chi connectivity index (χ4v) is 0. The molecule has 6 radical (unpaired) electrons. The first-order valence-electron chi connectivity index (χ1n) is 0. The minimum Gasteiger partial charge on any atom is -2.00 e. The minimum atomic E-state index is 0. The smallest absolute Gasteiger partial charge is 2.00 e. The number of hydrogen-bond donors (Lipinski definition) is 0. The topological polar surface area (TPSA) is 200 Å². The normalized spacial score (nSPS) is 0. The molecule has 0 aromatic heterocycles. The van der Waals surface area contributed by atoms with Crippen molar-refractivity contribution in [3.8, 4) is 0 Å². The summed E-state index contributed by atoms with van der Waals surface area (Å²) in [6.45, 7) is 0. The van der Waals surface area contributed by atoms with Gasteiger partial charge in [-0.1, -0.05) is 0 Å². The molecule has 0 amide bonds. The van der Waals surface area contributed by atoms with Crippen molar-refractivity contribution in [2.45, 2.75) is 0 Å². The molecule has 0 spiro atoms. The van der Waals surface area contributed by atoms with Gasteiger partial charge in [0.05, 0.1) is 0 Å². The number of rotatable bonds is 0. The van der Waals surface area contributed by atoms with E-state index in [0.29, 0.717) is 0 Å². The third-order valence-corrected chi connectivity index (χ3v) is 0. The Morgan fingerprint density at radius 3 is 0.273 bits per heavy atom. The van der Waals surface area contributed by atoms with Gasteiger partial charge >= 0.3 is 54.6 Å². The van der Waals surface area contributed by atoms with Crippen LogP contribution in [-0.2, 0) is 75.4 Å². The van der Waals surface area contributed by atoms with E-state index < -0.39 is 0 Å². The second kappa shape index (κ2) is 235. The van der Waals surface area contributed by atoms with Crippen molar-refractivity contribution in [1.82, 2.24) is 0 Å². The monoisotopic (exact) mass is 630 g/mol. The molecular formula is O7Pb2V2-10. The first-order chi connectivity index (χ1) is 0.